The Morgan fingerprint density at radius 1 is 1.12 bits per heavy atom. The molecule has 0 unspecified atom stereocenters. The number of rotatable bonds is 8. The van der Waals surface area contributed by atoms with E-state index in [1.54, 1.807) is 72.6 Å². The van der Waals surface area contributed by atoms with Gasteiger partial charge in [-0.2, -0.15) is 0 Å². The molecule has 5 rings (SSSR count). The minimum atomic E-state index is -1.95. The Labute approximate surface area is 232 Å². The highest BCUT2D eigenvalue weighted by Crippen LogP contribution is 2.48. The zero-order valence-electron chi connectivity index (χ0n) is 22.6. The fourth-order valence-electron chi connectivity index (χ4n) is 5.66. The number of ether oxygens (including phenoxy) is 1. The van der Waals surface area contributed by atoms with Gasteiger partial charge in [0.05, 0.1) is 25.4 Å². The molecular weight excluding hydrogens is 510 g/mol. The van der Waals surface area contributed by atoms with Crippen LogP contribution in [0, 0.1) is 5.92 Å². The van der Waals surface area contributed by atoms with Gasteiger partial charge in [-0.25, -0.2) is 0 Å². The third-order valence-corrected chi connectivity index (χ3v) is 7.87. The molecule has 2 amide bonds. The van der Waals surface area contributed by atoms with Crippen molar-refractivity contribution >= 4 is 23.2 Å². The van der Waals surface area contributed by atoms with Gasteiger partial charge < -0.3 is 19.8 Å². The number of nitrogens with zero attached hydrogens (tertiary/aromatic N) is 3. The maximum atomic E-state index is 14.0. The number of aliphatic hydroxyl groups excluding tert-OH is 1. The van der Waals surface area contributed by atoms with Crippen LogP contribution in [0.4, 0.5) is 11.4 Å². The first-order chi connectivity index (χ1) is 19.3. The molecule has 1 aromatic heterocycles. The van der Waals surface area contributed by atoms with Crippen LogP contribution in [0.3, 0.4) is 0 Å². The number of aromatic nitrogens is 1. The SMILES string of the molecule is COc1cccn(-c2ccc3c(c2)[C@](O)([C@@H](C)/C=C/CC(=O)N2CCC[C@H]2CO)C(=O)N3c2ccccc2)c1=O. The molecule has 3 aromatic rings. The minimum absolute atomic E-state index is 0.0646. The molecule has 9 nitrogen and oxygen atoms in total. The van der Waals surface area contributed by atoms with Crippen molar-refractivity contribution in [3.63, 3.8) is 0 Å². The van der Waals surface area contributed by atoms with Crippen LogP contribution in [0.15, 0.2) is 83.8 Å². The Bertz CT molecular complexity index is 1500. The van der Waals surface area contributed by atoms with Crippen molar-refractivity contribution < 1.29 is 24.5 Å². The number of hydrogen-bond donors (Lipinski definition) is 2. The number of carbonyl (C=O) groups excluding carboxylic acids is 2. The summed E-state index contributed by atoms with van der Waals surface area (Å²) in [5.74, 6) is -1.16. The topological polar surface area (TPSA) is 112 Å². The first-order valence-electron chi connectivity index (χ1n) is 13.4. The summed E-state index contributed by atoms with van der Waals surface area (Å²) < 4.78 is 6.59. The number of hydrogen-bond acceptors (Lipinski definition) is 6. The molecule has 40 heavy (non-hydrogen) atoms. The molecule has 2 aliphatic rings. The number of methoxy groups -OCH3 is 1. The summed E-state index contributed by atoms with van der Waals surface area (Å²) in [6.45, 7) is 2.28. The molecule has 0 spiro atoms. The first-order valence-corrected chi connectivity index (χ1v) is 13.4. The van der Waals surface area contributed by atoms with Gasteiger partial charge in [-0.15, -0.1) is 0 Å². The van der Waals surface area contributed by atoms with E-state index in [4.69, 9.17) is 4.74 Å². The highest BCUT2D eigenvalue weighted by atomic mass is 16.5. The molecule has 1 fully saturated rings. The largest absolute Gasteiger partial charge is 0.491 e. The summed E-state index contributed by atoms with van der Waals surface area (Å²) in [6, 6.07) is 17.3. The zero-order valence-corrected chi connectivity index (χ0v) is 22.6. The van der Waals surface area contributed by atoms with Crippen molar-refractivity contribution in [2.24, 2.45) is 5.92 Å². The van der Waals surface area contributed by atoms with Crippen LogP contribution in [0.5, 0.6) is 5.75 Å². The smallest absolute Gasteiger partial charge is 0.297 e. The predicted octanol–water partition coefficient (Wildman–Crippen LogP) is 3.28. The van der Waals surface area contributed by atoms with Crippen LogP contribution in [0.2, 0.25) is 0 Å². The van der Waals surface area contributed by atoms with Gasteiger partial charge >= 0.3 is 0 Å². The highest BCUT2D eigenvalue weighted by molar-refractivity contribution is 6.12. The Balaban J connectivity index is 1.52. The van der Waals surface area contributed by atoms with E-state index in [0.717, 1.165) is 12.8 Å². The van der Waals surface area contributed by atoms with E-state index in [9.17, 15) is 24.6 Å². The number of carbonyl (C=O) groups is 2. The van der Waals surface area contributed by atoms with Crippen LogP contribution >= 0.6 is 0 Å². The number of likely N-dealkylation sites (tertiary alicyclic amines) is 1. The van der Waals surface area contributed by atoms with Crippen LogP contribution in [-0.2, 0) is 15.2 Å². The fourth-order valence-corrected chi connectivity index (χ4v) is 5.66. The maximum Gasteiger partial charge on any atom is 0.297 e. The van der Waals surface area contributed by atoms with Crippen molar-refractivity contribution in [2.45, 2.75) is 37.8 Å². The lowest BCUT2D eigenvalue weighted by Gasteiger charge is -2.28. The third kappa shape index (κ3) is 4.61. The zero-order chi connectivity index (χ0) is 28.4. The van der Waals surface area contributed by atoms with E-state index in [2.05, 4.69) is 0 Å². The minimum Gasteiger partial charge on any atom is -0.491 e. The van der Waals surface area contributed by atoms with Crippen molar-refractivity contribution in [1.29, 1.82) is 0 Å². The van der Waals surface area contributed by atoms with Crippen molar-refractivity contribution in [3.8, 4) is 11.4 Å². The van der Waals surface area contributed by atoms with Gasteiger partial charge in [0.1, 0.15) is 0 Å². The van der Waals surface area contributed by atoms with E-state index in [1.165, 1.54) is 16.6 Å². The third-order valence-electron chi connectivity index (χ3n) is 7.87. The summed E-state index contributed by atoms with van der Waals surface area (Å²) >= 11 is 0. The molecule has 0 saturated carbocycles. The Kier molecular flexibility index (Phi) is 7.60. The molecule has 9 heteroatoms. The van der Waals surface area contributed by atoms with E-state index in [0.29, 0.717) is 29.2 Å². The number of pyridine rings is 1. The van der Waals surface area contributed by atoms with Crippen LogP contribution in [-0.4, -0.2) is 57.8 Å². The summed E-state index contributed by atoms with van der Waals surface area (Å²) in [4.78, 5) is 42.9. The molecule has 0 bridgehead atoms. The van der Waals surface area contributed by atoms with Gasteiger partial charge in [-0.05, 0) is 55.3 Å². The molecule has 3 atom stereocenters. The van der Waals surface area contributed by atoms with Crippen molar-refractivity contribution in [3.05, 3.63) is 94.9 Å². The predicted molar refractivity (Wildman–Crippen MR) is 151 cm³/mol. The quantitative estimate of drug-likeness (QED) is 0.422. The summed E-state index contributed by atoms with van der Waals surface area (Å²) in [5, 5.41) is 21.7. The Morgan fingerprint density at radius 2 is 1.90 bits per heavy atom. The molecule has 1 saturated heterocycles. The Morgan fingerprint density at radius 3 is 2.62 bits per heavy atom. The second-order valence-electron chi connectivity index (χ2n) is 10.2. The van der Waals surface area contributed by atoms with Crippen LogP contribution in [0.1, 0.15) is 31.7 Å². The van der Waals surface area contributed by atoms with E-state index in [1.807, 2.05) is 18.2 Å². The highest BCUT2D eigenvalue weighted by Gasteiger charge is 2.53. The number of para-hydroxylation sites is 1. The first kappa shape index (κ1) is 27.4. The summed E-state index contributed by atoms with van der Waals surface area (Å²) in [5.41, 5.74) is -0.378. The monoisotopic (exact) mass is 543 g/mol. The van der Waals surface area contributed by atoms with E-state index >= 15 is 0 Å². The fraction of sp³-hybridized carbons (Fsp3) is 0.323. The molecule has 0 radical (unpaired) electrons. The number of benzene rings is 2. The second-order valence-corrected chi connectivity index (χ2v) is 10.2. The summed E-state index contributed by atoms with van der Waals surface area (Å²) in [6.07, 6.45) is 6.69. The van der Waals surface area contributed by atoms with Crippen molar-refractivity contribution in [2.75, 3.05) is 25.2 Å². The number of amides is 2. The average Bonchev–Trinajstić information content (AvgIpc) is 3.54. The average molecular weight is 544 g/mol. The normalized spacial score (nSPS) is 21.2. The summed E-state index contributed by atoms with van der Waals surface area (Å²) in [7, 11) is 1.42. The molecule has 208 valence electrons. The Hall–Kier alpha value is -4.21. The lowest BCUT2D eigenvalue weighted by molar-refractivity contribution is -0.138. The van der Waals surface area contributed by atoms with Crippen LogP contribution in [0.25, 0.3) is 5.69 Å². The second kappa shape index (κ2) is 11.1. The maximum absolute atomic E-state index is 14.0. The number of fused-ring (bicyclic) bond motifs is 1. The molecule has 0 aliphatic carbocycles. The standard InChI is InChI=1S/C31H33N3O6/c1-21(9-6-14-28(36)32-17-7-12-24(32)20-35)31(39)25-19-23(33-18-8-13-27(40-2)29(33)37)15-16-26(25)34(30(31)38)22-10-4-3-5-11-22/h3-6,8-11,13,15-16,18-19,21,24,35,39H,7,12,14,17,20H2,1-2H3/b9-6+/t21-,24-,31+/m0/s1. The van der Waals surface area contributed by atoms with E-state index in [-0.39, 0.29) is 36.3 Å². The van der Waals surface area contributed by atoms with Gasteiger partial charge in [0.2, 0.25) is 5.91 Å². The lowest BCUT2D eigenvalue weighted by Crippen LogP contribution is -2.43. The molecule has 3 heterocycles. The van der Waals surface area contributed by atoms with Gasteiger partial charge in [0.15, 0.2) is 11.4 Å². The molecular formula is C31H33N3O6. The van der Waals surface area contributed by atoms with Gasteiger partial charge in [-0.1, -0.05) is 37.3 Å². The van der Waals surface area contributed by atoms with Gasteiger partial charge in [-0.3, -0.25) is 23.9 Å². The van der Waals surface area contributed by atoms with Crippen molar-refractivity contribution in [1.82, 2.24) is 9.47 Å². The van der Waals surface area contributed by atoms with E-state index < -0.39 is 17.4 Å². The number of aliphatic hydroxyl groups is 2. The number of anilines is 2. The van der Waals surface area contributed by atoms with Gasteiger partial charge in [0, 0.05) is 42.0 Å². The molecule has 2 aliphatic heterocycles. The lowest BCUT2D eigenvalue weighted by atomic mass is 9.82. The molecule has 2 N–H and O–H groups in total. The van der Waals surface area contributed by atoms with Crippen LogP contribution < -0.4 is 15.2 Å². The molecule has 2 aromatic carbocycles. The van der Waals surface area contributed by atoms with Gasteiger partial charge in [0.25, 0.3) is 11.5 Å².